The second-order valence-corrected chi connectivity index (χ2v) is 3.97. The lowest BCUT2D eigenvalue weighted by molar-refractivity contribution is 0.111. The van der Waals surface area contributed by atoms with E-state index in [0.29, 0.717) is 41.8 Å². The first-order chi connectivity index (χ1) is 9.78. The van der Waals surface area contributed by atoms with Gasteiger partial charge >= 0.3 is 0 Å². The van der Waals surface area contributed by atoms with Crippen molar-refractivity contribution in [1.82, 2.24) is 10.1 Å². The van der Waals surface area contributed by atoms with Crippen LogP contribution in [0.4, 0.5) is 0 Å². The van der Waals surface area contributed by atoms with Crippen LogP contribution in [0.15, 0.2) is 22.7 Å². The van der Waals surface area contributed by atoms with E-state index in [-0.39, 0.29) is 6.61 Å². The molecule has 0 saturated carbocycles. The molecule has 6 nitrogen and oxygen atoms in total. The Hall–Kier alpha value is -2.37. The van der Waals surface area contributed by atoms with Crippen molar-refractivity contribution in [1.29, 1.82) is 0 Å². The van der Waals surface area contributed by atoms with Crippen LogP contribution in [-0.4, -0.2) is 23.0 Å². The van der Waals surface area contributed by atoms with E-state index in [1.807, 2.05) is 13.8 Å². The number of carbonyl (C=O) groups is 1. The molecule has 2 aromatic rings. The minimum Gasteiger partial charge on any atom is -0.490 e. The maximum atomic E-state index is 11.1. The molecule has 0 amide bonds. The Labute approximate surface area is 116 Å². The average molecular weight is 276 g/mol. The Bertz CT molecular complexity index is 580. The van der Waals surface area contributed by atoms with Gasteiger partial charge < -0.3 is 14.0 Å². The van der Waals surface area contributed by atoms with E-state index in [4.69, 9.17) is 14.0 Å². The number of aryl methyl sites for hydroxylation is 1. The SMILES string of the molecule is CCOc1cccc(C=O)c1OCc1noc(CC)n1. The number of para-hydroxylation sites is 1. The van der Waals surface area contributed by atoms with Gasteiger partial charge in [-0.1, -0.05) is 18.1 Å². The molecule has 106 valence electrons. The minimum absolute atomic E-state index is 0.119. The summed E-state index contributed by atoms with van der Waals surface area (Å²) >= 11 is 0. The maximum absolute atomic E-state index is 11.1. The second kappa shape index (κ2) is 6.70. The number of nitrogens with zero attached hydrogens (tertiary/aromatic N) is 2. The Balaban J connectivity index is 2.16. The van der Waals surface area contributed by atoms with E-state index in [2.05, 4.69) is 10.1 Å². The molecular weight excluding hydrogens is 260 g/mol. The molecule has 6 heteroatoms. The lowest BCUT2D eigenvalue weighted by atomic mass is 10.2. The van der Waals surface area contributed by atoms with Crippen LogP contribution >= 0.6 is 0 Å². The van der Waals surface area contributed by atoms with Gasteiger partial charge in [-0.2, -0.15) is 4.98 Å². The number of ether oxygens (including phenoxy) is 2. The first kappa shape index (κ1) is 14.0. The summed E-state index contributed by atoms with van der Waals surface area (Å²) in [4.78, 5) is 15.2. The van der Waals surface area contributed by atoms with Crippen molar-refractivity contribution < 1.29 is 18.8 Å². The molecule has 1 heterocycles. The van der Waals surface area contributed by atoms with Crippen LogP contribution in [0.2, 0.25) is 0 Å². The van der Waals surface area contributed by atoms with E-state index in [1.165, 1.54) is 0 Å². The van der Waals surface area contributed by atoms with E-state index < -0.39 is 0 Å². The summed E-state index contributed by atoms with van der Waals surface area (Å²) in [6.07, 6.45) is 1.40. The molecule has 2 rings (SSSR count). The van der Waals surface area contributed by atoms with Crippen molar-refractivity contribution in [2.45, 2.75) is 26.9 Å². The molecule has 0 aliphatic rings. The second-order valence-electron chi connectivity index (χ2n) is 3.97. The van der Waals surface area contributed by atoms with E-state index in [1.54, 1.807) is 18.2 Å². The predicted octanol–water partition coefficient (Wildman–Crippen LogP) is 2.42. The zero-order valence-electron chi connectivity index (χ0n) is 11.5. The smallest absolute Gasteiger partial charge is 0.226 e. The Kier molecular flexibility index (Phi) is 4.70. The Morgan fingerprint density at radius 2 is 2.15 bits per heavy atom. The molecule has 0 saturated heterocycles. The van der Waals surface area contributed by atoms with Gasteiger partial charge in [-0.3, -0.25) is 4.79 Å². The predicted molar refractivity (Wildman–Crippen MR) is 71.0 cm³/mol. The highest BCUT2D eigenvalue weighted by Crippen LogP contribution is 2.30. The summed E-state index contributed by atoms with van der Waals surface area (Å²) in [6.45, 7) is 4.40. The first-order valence-corrected chi connectivity index (χ1v) is 6.43. The van der Waals surface area contributed by atoms with Gasteiger partial charge in [-0.25, -0.2) is 0 Å². The van der Waals surface area contributed by atoms with Gasteiger partial charge in [0.2, 0.25) is 11.7 Å². The normalized spacial score (nSPS) is 10.3. The van der Waals surface area contributed by atoms with Crippen molar-refractivity contribution in [3.05, 3.63) is 35.5 Å². The molecule has 1 aromatic carbocycles. The number of carbonyl (C=O) groups excluding carboxylic acids is 1. The summed E-state index contributed by atoms with van der Waals surface area (Å²) in [6, 6.07) is 5.16. The Morgan fingerprint density at radius 3 is 2.80 bits per heavy atom. The fourth-order valence-electron chi connectivity index (χ4n) is 1.68. The lowest BCUT2D eigenvalue weighted by Gasteiger charge is -2.12. The number of hydrogen-bond acceptors (Lipinski definition) is 6. The van der Waals surface area contributed by atoms with Crippen molar-refractivity contribution in [2.75, 3.05) is 6.61 Å². The highest BCUT2D eigenvalue weighted by molar-refractivity contribution is 5.81. The monoisotopic (exact) mass is 276 g/mol. The largest absolute Gasteiger partial charge is 0.490 e. The van der Waals surface area contributed by atoms with Crippen molar-refractivity contribution in [3.8, 4) is 11.5 Å². The van der Waals surface area contributed by atoms with Crippen molar-refractivity contribution >= 4 is 6.29 Å². The molecule has 0 bridgehead atoms. The van der Waals surface area contributed by atoms with Crippen LogP contribution in [0.3, 0.4) is 0 Å². The maximum Gasteiger partial charge on any atom is 0.226 e. The van der Waals surface area contributed by atoms with E-state index >= 15 is 0 Å². The van der Waals surface area contributed by atoms with Crippen molar-refractivity contribution in [2.24, 2.45) is 0 Å². The summed E-state index contributed by atoms with van der Waals surface area (Å²) in [7, 11) is 0. The van der Waals surface area contributed by atoms with Gasteiger partial charge in [-0.15, -0.1) is 0 Å². The van der Waals surface area contributed by atoms with E-state index in [0.717, 1.165) is 6.29 Å². The van der Waals surface area contributed by atoms with Gasteiger partial charge in [0, 0.05) is 6.42 Å². The lowest BCUT2D eigenvalue weighted by Crippen LogP contribution is -2.03. The van der Waals surface area contributed by atoms with Gasteiger partial charge in [0.15, 0.2) is 24.4 Å². The number of rotatable bonds is 7. The fraction of sp³-hybridized carbons (Fsp3) is 0.357. The Morgan fingerprint density at radius 1 is 1.30 bits per heavy atom. The summed E-state index contributed by atoms with van der Waals surface area (Å²) < 4.78 is 16.1. The van der Waals surface area contributed by atoms with Gasteiger partial charge in [0.05, 0.1) is 12.2 Å². The number of aromatic nitrogens is 2. The number of hydrogen-bond donors (Lipinski definition) is 0. The molecule has 0 radical (unpaired) electrons. The highest BCUT2D eigenvalue weighted by Gasteiger charge is 2.12. The molecule has 0 N–H and O–H groups in total. The quantitative estimate of drug-likeness (QED) is 0.723. The van der Waals surface area contributed by atoms with Crippen LogP contribution in [0.25, 0.3) is 0 Å². The first-order valence-electron chi connectivity index (χ1n) is 6.43. The van der Waals surface area contributed by atoms with Crippen LogP contribution in [0.5, 0.6) is 11.5 Å². The molecule has 20 heavy (non-hydrogen) atoms. The van der Waals surface area contributed by atoms with Crippen LogP contribution < -0.4 is 9.47 Å². The van der Waals surface area contributed by atoms with Crippen LogP contribution in [0, 0.1) is 0 Å². The minimum atomic E-state index is 0.119. The number of benzene rings is 1. The topological polar surface area (TPSA) is 74.5 Å². The molecule has 1 aromatic heterocycles. The molecule has 0 aliphatic carbocycles. The van der Waals surface area contributed by atoms with Gasteiger partial charge in [0.1, 0.15) is 0 Å². The molecular formula is C14H16N2O4. The molecule has 0 unspecified atom stereocenters. The molecule has 0 aliphatic heterocycles. The zero-order valence-corrected chi connectivity index (χ0v) is 11.5. The third-order valence-electron chi connectivity index (χ3n) is 2.59. The van der Waals surface area contributed by atoms with Crippen LogP contribution in [-0.2, 0) is 13.0 Å². The third-order valence-corrected chi connectivity index (χ3v) is 2.59. The van der Waals surface area contributed by atoms with Gasteiger partial charge in [0.25, 0.3) is 0 Å². The summed E-state index contributed by atoms with van der Waals surface area (Å²) in [5.74, 6) is 1.91. The third kappa shape index (κ3) is 3.14. The van der Waals surface area contributed by atoms with E-state index in [9.17, 15) is 4.79 Å². The van der Waals surface area contributed by atoms with Gasteiger partial charge in [-0.05, 0) is 19.1 Å². The molecule has 0 spiro atoms. The van der Waals surface area contributed by atoms with Crippen molar-refractivity contribution in [3.63, 3.8) is 0 Å². The molecule has 0 atom stereocenters. The fourth-order valence-corrected chi connectivity index (χ4v) is 1.68. The average Bonchev–Trinajstić information content (AvgIpc) is 2.94. The molecule has 0 fully saturated rings. The standard InChI is InChI=1S/C14H16N2O4/c1-3-13-15-12(16-20-13)9-19-14-10(8-17)6-5-7-11(14)18-4-2/h5-8H,3-4,9H2,1-2H3. The summed E-state index contributed by atoms with van der Waals surface area (Å²) in [5.41, 5.74) is 0.426. The number of aldehydes is 1. The van der Waals surface area contributed by atoms with Crippen LogP contribution in [0.1, 0.15) is 35.9 Å². The zero-order chi connectivity index (χ0) is 14.4. The summed E-state index contributed by atoms with van der Waals surface area (Å²) in [5, 5.41) is 3.79. The highest BCUT2D eigenvalue weighted by atomic mass is 16.5.